The molecule has 3 aromatic carbocycles. The fourth-order valence-corrected chi connectivity index (χ4v) is 3.93. The van der Waals surface area contributed by atoms with Crippen molar-refractivity contribution in [3.63, 3.8) is 0 Å². The number of nitrogens with two attached hydrogens (primary N) is 1. The summed E-state index contributed by atoms with van der Waals surface area (Å²) in [7, 11) is 0. The molecule has 0 fully saturated rings. The van der Waals surface area contributed by atoms with Crippen LogP contribution < -0.4 is 15.8 Å². The van der Waals surface area contributed by atoms with E-state index in [0.29, 0.717) is 5.56 Å². The van der Waals surface area contributed by atoms with Crippen LogP contribution in [0.2, 0.25) is 0 Å². The van der Waals surface area contributed by atoms with Gasteiger partial charge >= 0.3 is 12.5 Å². The van der Waals surface area contributed by atoms with Gasteiger partial charge in [0.1, 0.15) is 5.75 Å². The minimum atomic E-state index is -4.95. The van der Waals surface area contributed by atoms with E-state index in [2.05, 4.69) is 32.6 Å². The van der Waals surface area contributed by atoms with Crippen molar-refractivity contribution in [3.8, 4) is 5.75 Å². The highest BCUT2D eigenvalue weighted by Crippen LogP contribution is 2.39. The van der Waals surface area contributed by atoms with E-state index in [1.807, 2.05) is 0 Å². The second-order valence-electron chi connectivity index (χ2n) is 7.51. The third-order valence-electron chi connectivity index (χ3n) is 5.00. The molecule has 1 unspecified atom stereocenters. The molecule has 3 N–H and O–H groups in total. The van der Waals surface area contributed by atoms with E-state index in [1.165, 1.54) is 24.3 Å². The summed E-state index contributed by atoms with van der Waals surface area (Å²) in [4.78, 5) is 0. The molecular formula is C24H19BrF6N2O. The summed E-state index contributed by atoms with van der Waals surface area (Å²) in [5.41, 5.74) is 4.42. The number of rotatable bonds is 7. The Hall–Kier alpha value is -3.14. The molecule has 0 heterocycles. The van der Waals surface area contributed by atoms with Gasteiger partial charge in [-0.2, -0.15) is 13.2 Å². The lowest BCUT2D eigenvalue weighted by Gasteiger charge is -2.38. The summed E-state index contributed by atoms with van der Waals surface area (Å²) in [6, 6.07) is 16.5. The molecule has 0 aliphatic heterocycles. The first-order chi connectivity index (χ1) is 15.8. The van der Waals surface area contributed by atoms with Crippen LogP contribution in [0.3, 0.4) is 0 Å². The van der Waals surface area contributed by atoms with E-state index < -0.39 is 29.4 Å². The maximum absolute atomic E-state index is 13.5. The van der Waals surface area contributed by atoms with Crippen LogP contribution in [0.15, 0.2) is 89.7 Å². The normalized spacial score (nSPS) is 13.7. The molecule has 0 aromatic heterocycles. The maximum Gasteiger partial charge on any atom is 0.573 e. The summed E-state index contributed by atoms with van der Waals surface area (Å²) in [5, 5.41) is 2.93. The van der Waals surface area contributed by atoms with Gasteiger partial charge in [-0.05, 0) is 53.1 Å². The molecule has 34 heavy (non-hydrogen) atoms. The molecule has 0 amide bonds. The summed E-state index contributed by atoms with van der Waals surface area (Å²) in [6.07, 6.45) is -9.55. The van der Waals surface area contributed by atoms with Crippen molar-refractivity contribution in [2.24, 2.45) is 5.73 Å². The van der Waals surface area contributed by atoms with Crippen LogP contribution in [0.5, 0.6) is 5.75 Å². The molecule has 0 saturated carbocycles. The van der Waals surface area contributed by atoms with Gasteiger partial charge in [0, 0.05) is 10.9 Å². The number of ether oxygens (including phenoxy) is 1. The molecule has 0 radical (unpaired) electrons. The molecule has 0 saturated heterocycles. The molecular weight excluding hydrogens is 526 g/mol. The second kappa shape index (κ2) is 9.61. The lowest BCUT2D eigenvalue weighted by atomic mass is 9.77. The van der Waals surface area contributed by atoms with E-state index in [1.54, 1.807) is 24.3 Å². The average molecular weight is 545 g/mol. The predicted octanol–water partition coefficient (Wildman–Crippen LogP) is 6.87. The lowest BCUT2D eigenvalue weighted by Crippen LogP contribution is -2.46. The molecule has 3 nitrogen and oxygen atoms in total. The molecule has 0 aliphatic carbocycles. The van der Waals surface area contributed by atoms with Crippen molar-refractivity contribution < 1.29 is 31.1 Å². The highest BCUT2D eigenvalue weighted by molar-refractivity contribution is 9.10. The molecule has 0 aliphatic rings. The molecule has 0 spiro atoms. The lowest BCUT2D eigenvalue weighted by molar-refractivity contribution is -0.274. The molecule has 1 atom stereocenters. The van der Waals surface area contributed by atoms with Crippen LogP contribution in [-0.2, 0) is 18.1 Å². The van der Waals surface area contributed by atoms with Crippen molar-refractivity contribution >= 4 is 15.9 Å². The van der Waals surface area contributed by atoms with Crippen LogP contribution in [0.4, 0.5) is 26.3 Å². The minimum absolute atomic E-state index is 0.0350. The third-order valence-corrected chi connectivity index (χ3v) is 5.53. The van der Waals surface area contributed by atoms with Gasteiger partial charge in [0.15, 0.2) is 0 Å². The van der Waals surface area contributed by atoms with Gasteiger partial charge in [-0.1, -0.05) is 58.9 Å². The van der Waals surface area contributed by atoms with Gasteiger partial charge in [-0.15, -0.1) is 13.2 Å². The standard InChI is InChI=1S/C24H19BrF6N2O/c1-15(32)33-22(14-16-8-10-20(25)11-9-16,17-4-2-6-19(12-17)23(26,27)28)18-5-3-7-21(13-18)34-24(29,30)31/h2-13,33H,1,14,32H2. The molecule has 0 bridgehead atoms. The zero-order chi connectivity index (χ0) is 25.1. The van der Waals surface area contributed by atoms with Crippen LogP contribution in [0, 0.1) is 0 Å². The SMILES string of the molecule is C=C(N)NC(Cc1ccc(Br)cc1)(c1cccc(OC(F)(F)F)c1)c1cccc(C(F)(F)F)c1. The Morgan fingerprint density at radius 1 is 0.853 bits per heavy atom. The van der Waals surface area contributed by atoms with E-state index in [4.69, 9.17) is 5.73 Å². The van der Waals surface area contributed by atoms with E-state index in [9.17, 15) is 26.3 Å². The number of benzene rings is 3. The van der Waals surface area contributed by atoms with Crippen molar-refractivity contribution in [3.05, 3.63) is 112 Å². The van der Waals surface area contributed by atoms with Gasteiger partial charge in [0.2, 0.25) is 0 Å². The smallest absolute Gasteiger partial charge is 0.406 e. The second-order valence-corrected chi connectivity index (χ2v) is 8.43. The Bertz CT molecular complexity index is 1160. The first kappa shape index (κ1) is 25.5. The summed E-state index contributed by atoms with van der Waals surface area (Å²) >= 11 is 3.33. The number of halogens is 7. The van der Waals surface area contributed by atoms with Crippen LogP contribution in [0.25, 0.3) is 0 Å². The summed E-state index contributed by atoms with van der Waals surface area (Å²) in [5.74, 6) is -0.613. The molecule has 180 valence electrons. The highest BCUT2D eigenvalue weighted by atomic mass is 79.9. The molecule has 10 heteroatoms. The predicted molar refractivity (Wildman–Crippen MR) is 120 cm³/mol. The number of nitrogens with one attached hydrogen (secondary N) is 1. The first-order valence-corrected chi connectivity index (χ1v) is 10.6. The Morgan fingerprint density at radius 2 is 1.41 bits per heavy atom. The Balaban J connectivity index is 2.27. The van der Waals surface area contributed by atoms with Gasteiger partial charge in [0.25, 0.3) is 0 Å². The zero-order valence-electron chi connectivity index (χ0n) is 17.5. The van der Waals surface area contributed by atoms with Gasteiger partial charge in [-0.25, -0.2) is 0 Å². The average Bonchev–Trinajstić information content (AvgIpc) is 2.73. The van der Waals surface area contributed by atoms with E-state index in [0.717, 1.165) is 28.7 Å². The number of hydrogen-bond donors (Lipinski definition) is 2. The number of hydrogen-bond acceptors (Lipinski definition) is 3. The van der Waals surface area contributed by atoms with Crippen molar-refractivity contribution in [1.29, 1.82) is 0 Å². The van der Waals surface area contributed by atoms with Crippen LogP contribution in [0.1, 0.15) is 22.3 Å². The minimum Gasteiger partial charge on any atom is -0.406 e. The van der Waals surface area contributed by atoms with Gasteiger partial charge in [-0.3, -0.25) is 0 Å². The van der Waals surface area contributed by atoms with Crippen LogP contribution >= 0.6 is 15.9 Å². The van der Waals surface area contributed by atoms with Crippen molar-refractivity contribution in [1.82, 2.24) is 5.32 Å². The van der Waals surface area contributed by atoms with Gasteiger partial charge in [0.05, 0.1) is 16.9 Å². The Kier molecular flexibility index (Phi) is 7.21. The monoisotopic (exact) mass is 544 g/mol. The maximum atomic E-state index is 13.5. The first-order valence-electron chi connectivity index (χ1n) is 9.79. The zero-order valence-corrected chi connectivity index (χ0v) is 19.1. The summed E-state index contributed by atoms with van der Waals surface area (Å²) in [6.45, 7) is 3.63. The Labute approximate surface area is 200 Å². The quantitative estimate of drug-likeness (QED) is 0.319. The molecule has 3 rings (SSSR count). The number of alkyl halides is 6. The topological polar surface area (TPSA) is 47.3 Å². The van der Waals surface area contributed by atoms with E-state index >= 15 is 0 Å². The largest absolute Gasteiger partial charge is 0.573 e. The van der Waals surface area contributed by atoms with Crippen LogP contribution in [-0.4, -0.2) is 6.36 Å². The Morgan fingerprint density at radius 3 is 1.97 bits per heavy atom. The van der Waals surface area contributed by atoms with Crippen molar-refractivity contribution in [2.45, 2.75) is 24.5 Å². The molecule has 3 aromatic rings. The fourth-order valence-electron chi connectivity index (χ4n) is 3.66. The van der Waals surface area contributed by atoms with E-state index in [-0.39, 0.29) is 23.4 Å². The summed E-state index contributed by atoms with van der Waals surface area (Å²) < 4.78 is 84.0. The fraction of sp³-hybridized carbons (Fsp3) is 0.167. The van der Waals surface area contributed by atoms with Gasteiger partial charge < -0.3 is 15.8 Å². The third kappa shape index (κ3) is 6.25. The van der Waals surface area contributed by atoms with Crippen molar-refractivity contribution in [2.75, 3.05) is 0 Å². The highest BCUT2D eigenvalue weighted by Gasteiger charge is 2.39.